The Kier molecular flexibility index (Phi) is 3.05. The smallest absolute Gasteiger partial charge is 0.119 e. The third kappa shape index (κ3) is 2.27. The second-order valence-corrected chi connectivity index (χ2v) is 4.91. The molecule has 0 bridgehead atoms. The molecule has 0 radical (unpaired) electrons. The Hall–Kier alpha value is -0.450. The fourth-order valence-electron chi connectivity index (χ4n) is 0.891. The van der Waals surface area contributed by atoms with Gasteiger partial charge in [-0.15, -0.1) is 11.3 Å². The van der Waals surface area contributed by atoms with Gasteiger partial charge in [-0.25, -0.2) is 10.9 Å². The van der Waals surface area contributed by atoms with E-state index < -0.39 is 5.60 Å². The molecule has 3 nitrogen and oxygen atoms in total. The van der Waals surface area contributed by atoms with Crippen LogP contribution < -0.4 is 5.90 Å². The Labute approximate surface area is 82.9 Å². The van der Waals surface area contributed by atoms with Crippen molar-refractivity contribution >= 4 is 11.3 Å². The monoisotopic (exact) mass is 200 g/mol. The highest BCUT2D eigenvalue weighted by atomic mass is 32.1. The van der Waals surface area contributed by atoms with E-state index in [9.17, 15) is 0 Å². The predicted octanol–water partition coefficient (Wildman–Crippen LogP) is 2.39. The molecule has 0 amide bonds. The number of nitrogens with zero attached hydrogens (tertiary/aromatic N) is 1. The SMILES string of the molecule is CC(C)c1ncc(C(C)(C)ON)s1. The minimum Gasteiger partial charge on any atom is -0.293 e. The van der Waals surface area contributed by atoms with Gasteiger partial charge in [0.05, 0.1) is 9.88 Å². The van der Waals surface area contributed by atoms with E-state index in [4.69, 9.17) is 10.7 Å². The molecule has 1 rings (SSSR count). The number of nitrogens with two attached hydrogens (primary N) is 1. The molecular weight excluding hydrogens is 184 g/mol. The van der Waals surface area contributed by atoms with E-state index >= 15 is 0 Å². The number of rotatable bonds is 3. The van der Waals surface area contributed by atoms with Crippen LogP contribution in [-0.4, -0.2) is 4.98 Å². The molecule has 0 unspecified atom stereocenters. The van der Waals surface area contributed by atoms with Gasteiger partial charge >= 0.3 is 0 Å². The second kappa shape index (κ2) is 3.74. The van der Waals surface area contributed by atoms with Gasteiger partial charge in [0.2, 0.25) is 0 Å². The molecule has 0 saturated heterocycles. The molecule has 1 heterocycles. The van der Waals surface area contributed by atoms with Gasteiger partial charge in [0.1, 0.15) is 5.60 Å². The molecule has 74 valence electrons. The van der Waals surface area contributed by atoms with Crippen LogP contribution in [-0.2, 0) is 10.4 Å². The number of thiazole rings is 1. The van der Waals surface area contributed by atoms with Crippen LogP contribution >= 0.6 is 11.3 Å². The minimum absolute atomic E-state index is 0.426. The van der Waals surface area contributed by atoms with Crippen molar-refractivity contribution in [1.82, 2.24) is 4.98 Å². The molecule has 0 atom stereocenters. The zero-order valence-electron chi connectivity index (χ0n) is 8.50. The van der Waals surface area contributed by atoms with Crippen molar-refractivity contribution in [3.8, 4) is 0 Å². The van der Waals surface area contributed by atoms with Crippen LogP contribution in [0.3, 0.4) is 0 Å². The predicted molar refractivity (Wildman–Crippen MR) is 54.5 cm³/mol. The Morgan fingerprint density at radius 1 is 1.54 bits per heavy atom. The molecule has 0 aliphatic rings. The number of aromatic nitrogens is 1. The van der Waals surface area contributed by atoms with Crippen LogP contribution in [0.4, 0.5) is 0 Å². The lowest BCUT2D eigenvalue weighted by Crippen LogP contribution is -2.23. The molecule has 0 spiro atoms. The zero-order valence-corrected chi connectivity index (χ0v) is 9.31. The van der Waals surface area contributed by atoms with Crippen molar-refractivity contribution in [2.75, 3.05) is 0 Å². The van der Waals surface area contributed by atoms with Gasteiger partial charge in [0.25, 0.3) is 0 Å². The van der Waals surface area contributed by atoms with Crippen LogP contribution in [0.5, 0.6) is 0 Å². The van der Waals surface area contributed by atoms with Crippen molar-refractivity contribution in [2.45, 2.75) is 39.2 Å². The Morgan fingerprint density at radius 2 is 2.15 bits per heavy atom. The summed E-state index contributed by atoms with van der Waals surface area (Å²) in [7, 11) is 0. The lowest BCUT2D eigenvalue weighted by atomic mass is 10.1. The van der Waals surface area contributed by atoms with Gasteiger partial charge in [-0.1, -0.05) is 13.8 Å². The second-order valence-electron chi connectivity index (χ2n) is 3.85. The molecule has 0 aliphatic carbocycles. The quantitative estimate of drug-likeness (QED) is 0.762. The summed E-state index contributed by atoms with van der Waals surface area (Å²) in [4.78, 5) is 10.3. The van der Waals surface area contributed by atoms with Gasteiger partial charge < -0.3 is 0 Å². The highest BCUT2D eigenvalue weighted by Crippen LogP contribution is 2.30. The summed E-state index contributed by atoms with van der Waals surface area (Å²) >= 11 is 1.66. The average molecular weight is 200 g/mol. The van der Waals surface area contributed by atoms with Crippen LogP contribution in [0, 0.1) is 0 Å². The van der Waals surface area contributed by atoms with Gasteiger partial charge in [0, 0.05) is 12.1 Å². The fraction of sp³-hybridized carbons (Fsp3) is 0.667. The molecule has 2 N–H and O–H groups in total. The zero-order chi connectivity index (χ0) is 10.1. The molecule has 0 fully saturated rings. The fourth-order valence-corrected chi connectivity index (χ4v) is 1.86. The standard InChI is InChI=1S/C9H16N2OS/c1-6(2)8-11-5-7(13-8)9(3,4)12-10/h5-6H,10H2,1-4H3. The summed E-state index contributed by atoms with van der Waals surface area (Å²) in [5.74, 6) is 5.67. The van der Waals surface area contributed by atoms with Crippen molar-refractivity contribution in [2.24, 2.45) is 5.90 Å². The maximum Gasteiger partial charge on any atom is 0.119 e. The Morgan fingerprint density at radius 3 is 2.54 bits per heavy atom. The summed E-state index contributed by atoms with van der Waals surface area (Å²) < 4.78 is 0. The Balaban J connectivity index is 2.91. The minimum atomic E-state index is -0.426. The first-order valence-electron chi connectivity index (χ1n) is 4.31. The highest BCUT2D eigenvalue weighted by molar-refractivity contribution is 7.11. The molecule has 1 aromatic rings. The summed E-state index contributed by atoms with van der Waals surface area (Å²) in [6.45, 7) is 8.12. The third-order valence-electron chi connectivity index (χ3n) is 1.91. The van der Waals surface area contributed by atoms with Crippen molar-refractivity contribution < 1.29 is 4.84 Å². The summed E-state index contributed by atoms with van der Waals surface area (Å²) in [6, 6.07) is 0. The van der Waals surface area contributed by atoms with Crippen molar-refractivity contribution in [3.05, 3.63) is 16.1 Å². The topological polar surface area (TPSA) is 48.1 Å². The van der Waals surface area contributed by atoms with Crippen LogP contribution in [0.15, 0.2) is 6.20 Å². The first kappa shape index (κ1) is 10.6. The summed E-state index contributed by atoms with van der Waals surface area (Å²) in [6.07, 6.45) is 1.84. The van der Waals surface area contributed by atoms with E-state index in [2.05, 4.69) is 18.8 Å². The van der Waals surface area contributed by atoms with Crippen molar-refractivity contribution in [1.29, 1.82) is 0 Å². The van der Waals surface area contributed by atoms with Crippen LogP contribution in [0.1, 0.15) is 43.5 Å². The summed E-state index contributed by atoms with van der Waals surface area (Å²) in [5, 5.41) is 1.13. The number of hydrogen-bond acceptors (Lipinski definition) is 4. The van der Waals surface area contributed by atoms with E-state index in [1.807, 2.05) is 20.0 Å². The maximum absolute atomic E-state index is 5.20. The lowest BCUT2D eigenvalue weighted by molar-refractivity contribution is -0.0209. The average Bonchev–Trinajstić information content (AvgIpc) is 2.52. The first-order valence-corrected chi connectivity index (χ1v) is 5.13. The van der Waals surface area contributed by atoms with Crippen molar-refractivity contribution in [3.63, 3.8) is 0 Å². The molecule has 0 saturated carbocycles. The van der Waals surface area contributed by atoms with Crippen LogP contribution in [0.25, 0.3) is 0 Å². The molecule has 1 aromatic heterocycles. The van der Waals surface area contributed by atoms with E-state index in [1.165, 1.54) is 0 Å². The van der Waals surface area contributed by atoms with E-state index in [0.29, 0.717) is 5.92 Å². The largest absolute Gasteiger partial charge is 0.293 e. The van der Waals surface area contributed by atoms with Crippen LogP contribution in [0.2, 0.25) is 0 Å². The van der Waals surface area contributed by atoms with Gasteiger partial charge in [-0.2, -0.15) is 0 Å². The molecular formula is C9H16N2OS. The van der Waals surface area contributed by atoms with Gasteiger partial charge in [-0.3, -0.25) is 4.84 Å². The first-order chi connectivity index (χ1) is 5.97. The van der Waals surface area contributed by atoms with E-state index in [0.717, 1.165) is 9.88 Å². The number of hydrogen-bond donors (Lipinski definition) is 1. The highest BCUT2D eigenvalue weighted by Gasteiger charge is 2.23. The lowest BCUT2D eigenvalue weighted by Gasteiger charge is -2.18. The maximum atomic E-state index is 5.20. The van der Waals surface area contributed by atoms with Gasteiger partial charge in [0.15, 0.2) is 0 Å². The molecule has 4 heteroatoms. The molecule has 0 aliphatic heterocycles. The Bertz CT molecular complexity index is 281. The van der Waals surface area contributed by atoms with E-state index in [-0.39, 0.29) is 0 Å². The van der Waals surface area contributed by atoms with E-state index in [1.54, 1.807) is 11.3 Å². The normalized spacial score (nSPS) is 12.5. The molecule has 13 heavy (non-hydrogen) atoms. The molecule has 0 aromatic carbocycles. The summed E-state index contributed by atoms with van der Waals surface area (Å²) in [5.41, 5.74) is -0.426. The third-order valence-corrected chi connectivity index (χ3v) is 3.51. The van der Waals surface area contributed by atoms with Gasteiger partial charge in [-0.05, 0) is 13.8 Å².